The summed E-state index contributed by atoms with van der Waals surface area (Å²) in [6.07, 6.45) is 0. The molecule has 0 saturated carbocycles. The average molecular weight is 1040 g/mol. The second-order valence-electron chi connectivity index (χ2n) is 16.2. The Morgan fingerprint density at radius 1 is 0.553 bits per heavy atom. The summed E-state index contributed by atoms with van der Waals surface area (Å²) in [5.74, 6) is -11.5. The van der Waals surface area contributed by atoms with Gasteiger partial charge < -0.3 is 42.9 Å². The molecule has 0 aliphatic carbocycles. The first-order chi connectivity index (χ1) is 36.1. The molecule has 76 heavy (non-hydrogen) atoms. The number of carboxylic acid groups (broad SMARTS) is 2. The Kier molecular flexibility index (Phi) is 15.6. The lowest BCUT2D eigenvalue weighted by Gasteiger charge is -2.16. The minimum absolute atomic E-state index is 0.00997. The van der Waals surface area contributed by atoms with Gasteiger partial charge in [-0.15, -0.1) is 0 Å². The number of aromatic nitrogens is 6. The predicted molar refractivity (Wildman–Crippen MR) is 253 cm³/mol. The Bertz CT molecular complexity index is 3780. The van der Waals surface area contributed by atoms with Gasteiger partial charge in [0.05, 0.1) is 11.1 Å². The van der Waals surface area contributed by atoms with Gasteiger partial charge in [-0.3, -0.25) is 37.8 Å². The number of hydrogen-bond acceptors (Lipinski definition) is 16. The van der Waals surface area contributed by atoms with Crippen molar-refractivity contribution >= 4 is 58.9 Å². The Balaban J connectivity index is 0.000000221. The molecule has 0 aliphatic rings. The highest BCUT2D eigenvalue weighted by molar-refractivity contribution is 6.01. The van der Waals surface area contributed by atoms with Gasteiger partial charge in [0, 0.05) is 13.1 Å². The Hall–Kier alpha value is -10.8. The molecule has 0 aliphatic heterocycles. The fourth-order valence-electron chi connectivity index (χ4n) is 7.14. The average Bonchev–Trinajstić information content (AvgIpc) is 3.98. The molecular weight excluding hydrogens is 1010 g/mol. The van der Waals surface area contributed by atoms with Gasteiger partial charge in [0.2, 0.25) is 11.8 Å². The van der Waals surface area contributed by atoms with Crippen LogP contribution in [0, 0.1) is 25.5 Å². The fourth-order valence-corrected chi connectivity index (χ4v) is 7.14. The Morgan fingerprint density at radius 2 is 0.934 bits per heavy atom. The number of rotatable bonds is 16. The van der Waals surface area contributed by atoms with E-state index in [0.29, 0.717) is 26.7 Å². The molecule has 0 spiro atoms. The molecule has 10 N–H and O–H groups in total. The molecule has 0 fully saturated rings. The van der Waals surface area contributed by atoms with Crippen molar-refractivity contribution in [1.29, 1.82) is 0 Å². The third-order valence-corrected chi connectivity index (χ3v) is 11.0. The number of nitrogens with one attached hydrogen (secondary N) is 4. The van der Waals surface area contributed by atoms with Crippen LogP contribution >= 0.6 is 0 Å². The number of nitrogens with two attached hydrogens (primary N) is 2. The summed E-state index contributed by atoms with van der Waals surface area (Å²) in [5, 5.41) is 34.9. The molecule has 6 amide bonds. The molecule has 26 nitrogen and oxygen atoms in total. The highest BCUT2D eigenvalue weighted by Crippen LogP contribution is 2.19. The van der Waals surface area contributed by atoms with Gasteiger partial charge in [0.15, 0.2) is 0 Å². The second-order valence-corrected chi connectivity index (χ2v) is 16.2. The van der Waals surface area contributed by atoms with Crippen LogP contribution in [0.5, 0.6) is 0 Å². The first kappa shape index (κ1) is 53.0. The number of aryl methyl sites for hydroxylation is 2. The number of carbonyl (C=O) groups is 8. The van der Waals surface area contributed by atoms with Crippen LogP contribution < -0.4 is 44.2 Å². The van der Waals surface area contributed by atoms with Gasteiger partial charge in [-0.05, 0) is 106 Å². The zero-order chi connectivity index (χ0) is 55.1. The molecular formula is C48H38F2N12O14. The van der Waals surface area contributed by atoms with Gasteiger partial charge in [-0.25, -0.2) is 46.7 Å². The number of nitrogens with zero attached hydrogens (tertiary/aromatic N) is 6. The maximum Gasteiger partial charge on any atom is 0.448 e. The van der Waals surface area contributed by atoms with Gasteiger partial charge in [0.1, 0.15) is 46.5 Å². The summed E-state index contributed by atoms with van der Waals surface area (Å²) in [6.45, 7) is 3.12. The molecule has 0 saturated heterocycles. The number of aromatic carboxylic acids is 2. The minimum Gasteiger partial charge on any atom is -0.478 e. The SMILES string of the molecule is Cc1cc(CNC(=O)c2cc(C(=O)N[C@@H](C(N)=O)c3ccc(C(=O)O)cc3)n3c(=O)onc3n2)ccc1F.Cc1cc(CNC(=O)c2cc(C(=O)N[C@@H](C(N)=O)c3ccc(C(=O)O)cc3)nc3noc(=O)n23)ccc1F. The zero-order valence-corrected chi connectivity index (χ0v) is 39.2. The third-order valence-electron chi connectivity index (χ3n) is 11.0. The number of fused-ring (bicyclic) bond motifs is 2. The van der Waals surface area contributed by atoms with E-state index in [4.69, 9.17) is 21.7 Å². The zero-order valence-electron chi connectivity index (χ0n) is 39.2. The number of primary amides is 2. The highest BCUT2D eigenvalue weighted by atomic mass is 19.1. The van der Waals surface area contributed by atoms with Crippen LogP contribution in [0.1, 0.15) is 108 Å². The van der Waals surface area contributed by atoms with Gasteiger partial charge in [-0.1, -0.05) is 48.5 Å². The van der Waals surface area contributed by atoms with E-state index in [1.165, 1.54) is 78.9 Å². The maximum absolute atomic E-state index is 13.5. The lowest BCUT2D eigenvalue weighted by Crippen LogP contribution is -2.39. The van der Waals surface area contributed by atoms with E-state index in [1.54, 1.807) is 19.9 Å². The van der Waals surface area contributed by atoms with Gasteiger partial charge in [-0.2, -0.15) is 0 Å². The van der Waals surface area contributed by atoms with E-state index in [0.717, 1.165) is 16.5 Å². The number of carbonyl (C=O) groups excluding carboxylic acids is 6. The van der Waals surface area contributed by atoms with Crippen molar-refractivity contribution in [3.63, 3.8) is 0 Å². The van der Waals surface area contributed by atoms with Crippen molar-refractivity contribution in [3.05, 3.63) is 197 Å². The number of carboxylic acids is 2. The fraction of sp³-hybridized carbons (Fsp3) is 0.125. The van der Waals surface area contributed by atoms with Crippen LogP contribution in [-0.4, -0.2) is 86.7 Å². The molecule has 0 unspecified atom stereocenters. The summed E-state index contributed by atoms with van der Waals surface area (Å²) in [4.78, 5) is 130. The maximum atomic E-state index is 13.5. The predicted octanol–water partition coefficient (Wildman–Crippen LogP) is 1.43. The minimum atomic E-state index is -1.41. The van der Waals surface area contributed by atoms with E-state index in [-0.39, 0.29) is 46.7 Å². The number of halogens is 2. The molecule has 4 heterocycles. The molecule has 4 aromatic heterocycles. The standard InChI is InChI=1S/2C24H19FN6O7/c1-11-8-12(2-7-15(11)25)10-27-21(34)17-9-16(28-23-30-38-24(37)31(17)23)20(33)29-18(19(26)32)13-3-5-14(6-4-13)22(35)36;1-11-8-12(2-7-15(11)25)10-27-20(33)16-9-17(31-23(28-16)30-38-24(31)37)21(34)29-18(19(26)32)13-3-5-14(6-4-13)22(35)36/h2-9,18H,10H2,1H3,(H2,26,32)(H,27,34)(H,29,33)(H,35,36);2-9,18H,10H2,1H3,(H2,26,32)(H,27,33)(H,29,34)(H,35,36)/t2*18-/m11/s1. The Morgan fingerprint density at radius 3 is 1.33 bits per heavy atom. The monoisotopic (exact) mass is 1040 g/mol. The summed E-state index contributed by atoms with van der Waals surface area (Å²) < 4.78 is 37.6. The van der Waals surface area contributed by atoms with E-state index in [1.807, 2.05) is 0 Å². The number of hydrogen-bond donors (Lipinski definition) is 8. The molecule has 2 atom stereocenters. The van der Waals surface area contributed by atoms with Gasteiger partial charge in [0.25, 0.3) is 35.2 Å². The van der Waals surface area contributed by atoms with Crippen molar-refractivity contribution in [2.75, 3.05) is 0 Å². The lowest BCUT2D eigenvalue weighted by atomic mass is 10.0. The Labute approximate surface area is 422 Å². The van der Waals surface area contributed by atoms with Crippen LogP contribution in [0.15, 0.2) is 116 Å². The van der Waals surface area contributed by atoms with Crippen molar-refractivity contribution in [3.8, 4) is 0 Å². The van der Waals surface area contributed by atoms with Crippen LogP contribution in [0.25, 0.3) is 11.6 Å². The first-order valence-electron chi connectivity index (χ1n) is 21.8. The highest BCUT2D eigenvalue weighted by Gasteiger charge is 2.28. The van der Waals surface area contributed by atoms with Crippen LogP contribution in [0.3, 0.4) is 0 Å². The van der Waals surface area contributed by atoms with E-state index < -0.39 is 106 Å². The molecule has 8 rings (SSSR count). The normalized spacial score (nSPS) is 11.6. The molecule has 28 heteroatoms. The molecule has 0 bridgehead atoms. The summed E-state index contributed by atoms with van der Waals surface area (Å²) in [5.41, 5.74) is 11.6. The first-order valence-corrected chi connectivity index (χ1v) is 21.8. The van der Waals surface area contributed by atoms with Gasteiger partial charge >= 0.3 is 23.5 Å². The number of amides is 6. The topological polar surface area (TPSA) is 398 Å². The quantitative estimate of drug-likeness (QED) is 0.0678. The van der Waals surface area contributed by atoms with E-state index in [9.17, 15) is 56.7 Å². The van der Waals surface area contributed by atoms with Crippen LogP contribution in [0.4, 0.5) is 8.78 Å². The summed E-state index contributed by atoms with van der Waals surface area (Å²) in [7, 11) is 0. The van der Waals surface area contributed by atoms with Crippen molar-refractivity contribution in [1.82, 2.24) is 50.3 Å². The summed E-state index contributed by atoms with van der Waals surface area (Å²) in [6, 6.07) is 17.9. The largest absolute Gasteiger partial charge is 0.478 e. The molecule has 4 aromatic carbocycles. The van der Waals surface area contributed by atoms with Crippen molar-refractivity contribution in [2.45, 2.75) is 39.0 Å². The number of benzene rings is 4. The lowest BCUT2D eigenvalue weighted by molar-refractivity contribution is -0.120. The van der Waals surface area contributed by atoms with E-state index >= 15 is 0 Å². The van der Waals surface area contributed by atoms with Crippen molar-refractivity contribution in [2.24, 2.45) is 11.5 Å². The molecule has 0 radical (unpaired) electrons. The molecule has 8 aromatic rings. The molecule has 388 valence electrons. The smallest absolute Gasteiger partial charge is 0.448 e. The third kappa shape index (κ3) is 11.9. The second kappa shape index (κ2) is 22.3. The van der Waals surface area contributed by atoms with Crippen LogP contribution in [0.2, 0.25) is 0 Å². The summed E-state index contributed by atoms with van der Waals surface area (Å²) >= 11 is 0. The van der Waals surface area contributed by atoms with Crippen molar-refractivity contribution < 1.29 is 66.4 Å². The van der Waals surface area contributed by atoms with E-state index in [2.05, 4.69) is 50.6 Å². The van der Waals surface area contributed by atoms with Crippen LogP contribution in [-0.2, 0) is 22.7 Å².